The smallest absolute Gasteiger partial charge is 0.351 e. The van der Waals surface area contributed by atoms with E-state index >= 15 is 0 Å². The van der Waals surface area contributed by atoms with E-state index in [-0.39, 0.29) is 5.97 Å². The second kappa shape index (κ2) is 5.14. The zero-order chi connectivity index (χ0) is 12.3. The van der Waals surface area contributed by atoms with Crippen LogP contribution in [0.15, 0.2) is 4.47 Å². The van der Waals surface area contributed by atoms with Gasteiger partial charge >= 0.3 is 5.97 Å². The first-order valence-electron chi connectivity index (χ1n) is 4.86. The lowest BCUT2D eigenvalue weighted by atomic mass is 10.2. The quantitative estimate of drug-likeness (QED) is 0.804. The minimum absolute atomic E-state index is 0.386. The van der Waals surface area contributed by atoms with Crippen molar-refractivity contribution < 1.29 is 14.3 Å². The summed E-state index contributed by atoms with van der Waals surface area (Å²) < 4.78 is 15.1. The normalized spacial score (nSPS) is 11.3. The Morgan fingerprint density at radius 1 is 1.50 bits per heavy atom. The van der Waals surface area contributed by atoms with E-state index in [2.05, 4.69) is 20.3 Å². The van der Waals surface area contributed by atoms with Crippen molar-refractivity contribution in [2.75, 3.05) is 6.61 Å². The molecule has 90 valence electrons. The Morgan fingerprint density at radius 3 is 2.62 bits per heavy atom. The predicted octanol–water partition coefficient (Wildman–Crippen LogP) is 3.26. The highest BCUT2D eigenvalue weighted by molar-refractivity contribution is 9.10. The lowest BCUT2D eigenvalue weighted by Gasteiger charge is -2.18. The molecule has 1 rings (SSSR count). The van der Waals surface area contributed by atoms with Crippen molar-refractivity contribution in [2.45, 2.75) is 33.3 Å². The number of rotatable bonds is 3. The molecular formula is C10H14BrNO3S. The van der Waals surface area contributed by atoms with Gasteiger partial charge in [0.25, 0.3) is 0 Å². The molecule has 0 amide bonds. The summed E-state index contributed by atoms with van der Waals surface area (Å²) in [6.45, 7) is 7.84. The molecule has 1 aromatic heterocycles. The van der Waals surface area contributed by atoms with Crippen LogP contribution < -0.4 is 4.74 Å². The summed E-state index contributed by atoms with van der Waals surface area (Å²) in [5.41, 5.74) is -0.508. The highest BCUT2D eigenvalue weighted by Crippen LogP contribution is 2.32. The molecule has 0 N–H and O–H groups in total. The lowest BCUT2D eigenvalue weighted by Crippen LogP contribution is -2.23. The van der Waals surface area contributed by atoms with E-state index in [4.69, 9.17) is 9.47 Å². The van der Waals surface area contributed by atoms with Crippen LogP contribution >= 0.6 is 27.5 Å². The standard InChI is InChI=1S/C10H14BrNO3S/c1-5-14-8-6(11)7(16-12-8)9(13)15-10(2,3)4/h5H2,1-4H3. The summed E-state index contributed by atoms with van der Waals surface area (Å²) in [6, 6.07) is 0. The summed E-state index contributed by atoms with van der Waals surface area (Å²) >= 11 is 4.35. The molecule has 0 saturated carbocycles. The maximum absolute atomic E-state index is 11.8. The van der Waals surface area contributed by atoms with Crippen LogP contribution in [0, 0.1) is 0 Å². The number of esters is 1. The van der Waals surface area contributed by atoms with Crippen LogP contribution in [0.25, 0.3) is 0 Å². The van der Waals surface area contributed by atoms with Gasteiger partial charge in [0.05, 0.1) is 6.61 Å². The number of ether oxygens (including phenoxy) is 2. The Balaban J connectivity index is 2.84. The first-order valence-corrected chi connectivity index (χ1v) is 6.43. The second-order valence-corrected chi connectivity index (χ2v) is 5.63. The Labute approximate surface area is 107 Å². The van der Waals surface area contributed by atoms with Gasteiger partial charge in [0.1, 0.15) is 10.1 Å². The largest absolute Gasteiger partial charge is 0.477 e. The molecule has 0 aromatic carbocycles. The van der Waals surface area contributed by atoms with E-state index < -0.39 is 5.60 Å². The van der Waals surface area contributed by atoms with E-state index in [1.165, 1.54) is 0 Å². The van der Waals surface area contributed by atoms with Gasteiger partial charge in [-0.3, -0.25) is 0 Å². The maximum atomic E-state index is 11.8. The Kier molecular flexibility index (Phi) is 4.32. The summed E-state index contributed by atoms with van der Waals surface area (Å²) in [7, 11) is 0. The molecular weight excluding hydrogens is 294 g/mol. The molecule has 4 nitrogen and oxygen atoms in total. The monoisotopic (exact) mass is 307 g/mol. The van der Waals surface area contributed by atoms with Gasteiger partial charge in [-0.05, 0) is 55.2 Å². The molecule has 0 bridgehead atoms. The van der Waals surface area contributed by atoms with Crippen LogP contribution in [-0.2, 0) is 4.74 Å². The number of aromatic nitrogens is 1. The molecule has 0 spiro atoms. The lowest BCUT2D eigenvalue weighted by molar-refractivity contribution is 0.00739. The summed E-state index contributed by atoms with van der Waals surface area (Å²) in [5, 5.41) is 0. The van der Waals surface area contributed by atoms with Crippen LogP contribution in [0.2, 0.25) is 0 Å². The molecule has 0 unspecified atom stereocenters. The molecule has 0 radical (unpaired) electrons. The minimum atomic E-state index is -0.508. The predicted molar refractivity (Wildman–Crippen MR) is 66.2 cm³/mol. The van der Waals surface area contributed by atoms with Gasteiger partial charge in [0.15, 0.2) is 4.88 Å². The zero-order valence-electron chi connectivity index (χ0n) is 9.67. The first kappa shape index (κ1) is 13.4. The van der Waals surface area contributed by atoms with Crippen molar-refractivity contribution in [3.63, 3.8) is 0 Å². The third-order valence-electron chi connectivity index (χ3n) is 1.47. The number of carbonyl (C=O) groups is 1. The molecule has 0 fully saturated rings. The topological polar surface area (TPSA) is 48.4 Å². The highest BCUT2D eigenvalue weighted by atomic mass is 79.9. The van der Waals surface area contributed by atoms with Crippen molar-refractivity contribution in [2.24, 2.45) is 0 Å². The molecule has 0 aliphatic carbocycles. The van der Waals surface area contributed by atoms with E-state index in [0.29, 0.717) is 21.8 Å². The van der Waals surface area contributed by atoms with Crippen LogP contribution in [0.4, 0.5) is 0 Å². The van der Waals surface area contributed by atoms with Gasteiger partial charge in [0.2, 0.25) is 5.88 Å². The number of carbonyl (C=O) groups excluding carboxylic acids is 1. The molecule has 16 heavy (non-hydrogen) atoms. The highest BCUT2D eigenvalue weighted by Gasteiger charge is 2.24. The second-order valence-electron chi connectivity index (χ2n) is 4.07. The number of hydrogen-bond donors (Lipinski definition) is 0. The van der Waals surface area contributed by atoms with Crippen LogP contribution in [0.3, 0.4) is 0 Å². The fraction of sp³-hybridized carbons (Fsp3) is 0.600. The van der Waals surface area contributed by atoms with Crippen molar-refractivity contribution in [1.82, 2.24) is 4.37 Å². The van der Waals surface area contributed by atoms with Gasteiger partial charge in [-0.2, -0.15) is 4.37 Å². The number of nitrogens with zero attached hydrogens (tertiary/aromatic N) is 1. The van der Waals surface area contributed by atoms with Gasteiger partial charge < -0.3 is 9.47 Å². The van der Waals surface area contributed by atoms with Gasteiger partial charge in [-0.1, -0.05) is 0 Å². The van der Waals surface area contributed by atoms with E-state index in [1.807, 2.05) is 27.7 Å². The maximum Gasteiger partial charge on any atom is 0.351 e. The average Bonchev–Trinajstić information content (AvgIpc) is 2.46. The summed E-state index contributed by atoms with van der Waals surface area (Å²) in [5.74, 6) is 0.0520. The first-order chi connectivity index (χ1) is 7.35. The van der Waals surface area contributed by atoms with Gasteiger partial charge in [-0.25, -0.2) is 4.79 Å². The Morgan fingerprint density at radius 2 is 2.12 bits per heavy atom. The Hall–Kier alpha value is -0.620. The molecule has 1 heterocycles. The molecule has 1 aromatic rings. The number of halogens is 1. The fourth-order valence-electron chi connectivity index (χ4n) is 0.942. The minimum Gasteiger partial charge on any atom is -0.477 e. The fourth-order valence-corrected chi connectivity index (χ4v) is 2.24. The van der Waals surface area contributed by atoms with Crippen LogP contribution in [-0.4, -0.2) is 22.6 Å². The third-order valence-corrected chi connectivity index (χ3v) is 3.28. The van der Waals surface area contributed by atoms with Crippen molar-refractivity contribution in [3.8, 4) is 5.88 Å². The molecule has 0 aliphatic heterocycles. The SMILES string of the molecule is CCOc1nsc(C(=O)OC(C)(C)C)c1Br. The molecule has 0 aliphatic rings. The van der Waals surface area contributed by atoms with Gasteiger partial charge in [-0.15, -0.1) is 0 Å². The summed E-state index contributed by atoms with van der Waals surface area (Å²) in [4.78, 5) is 12.2. The van der Waals surface area contributed by atoms with Crippen molar-refractivity contribution >= 4 is 33.4 Å². The van der Waals surface area contributed by atoms with Crippen molar-refractivity contribution in [1.29, 1.82) is 0 Å². The van der Waals surface area contributed by atoms with Crippen LogP contribution in [0.5, 0.6) is 5.88 Å². The average molecular weight is 308 g/mol. The third kappa shape index (κ3) is 3.45. The van der Waals surface area contributed by atoms with E-state index in [9.17, 15) is 4.79 Å². The molecule has 0 atom stereocenters. The van der Waals surface area contributed by atoms with E-state index in [1.54, 1.807) is 0 Å². The Bertz CT molecular complexity index is 384. The van der Waals surface area contributed by atoms with Crippen LogP contribution in [0.1, 0.15) is 37.4 Å². The summed E-state index contributed by atoms with van der Waals surface area (Å²) in [6.07, 6.45) is 0. The molecule has 0 saturated heterocycles. The molecule has 6 heteroatoms. The number of hydrogen-bond acceptors (Lipinski definition) is 5. The van der Waals surface area contributed by atoms with Crippen molar-refractivity contribution in [3.05, 3.63) is 9.35 Å². The van der Waals surface area contributed by atoms with E-state index in [0.717, 1.165) is 11.5 Å². The zero-order valence-corrected chi connectivity index (χ0v) is 12.1. The van der Waals surface area contributed by atoms with Gasteiger partial charge in [0, 0.05) is 0 Å².